The second-order valence-corrected chi connectivity index (χ2v) is 13.8. The van der Waals surface area contributed by atoms with Crippen LogP contribution in [-0.2, 0) is 0 Å². The van der Waals surface area contributed by atoms with Crippen LogP contribution >= 0.6 is 0 Å². The molecule has 0 amide bonds. The first-order valence-electron chi connectivity index (χ1n) is 19.5. The predicted octanol–water partition coefficient (Wildman–Crippen LogP) is 15.5. The lowest BCUT2D eigenvalue weighted by molar-refractivity contribution is 1.04. The Bertz CT molecular complexity index is 2650. The molecule has 0 bridgehead atoms. The number of nitrogens with zero attached hydrogens (tertiary/aromatic N) is 2. The van der Waals surface area contributed by atoms with Crippen LogP contribution in [0.25, 0.3) is 66.6 Å². The molecule has 0 spiro atoms. The largest absolute Gasteiger partial charge is 0.304 e. The Balaban J connectivity index is 0.00000135. The van der Waals surface area contributed by atoms with Gasteiger partial charge in [0.2, 0.25) is 0 Å². The summed E-state index contributed by atoms with van der Waals surface area (Å²) in [6.07, 6.45) is 28.7. The molecule has 7 rings (SSSR count). The van der Waals surface area contributed by atoms with E-state index >= 15 is 0 Å². The second-order valence-electron chi connectivity index (χ2n) is 13.8. The van der Waals surface area contributed by atoms with Gasteiger partial charge in [-0.1, -0.05) is 203 Å². The van der Waals surface area contributed by atoms with Crippen LogP contribution in [0.1, 0.15) is 36.0 Å². The maximum absolute atomic E-state index is 5.01. The molecule has 0 fully saturated rings. The molecule has 0 radical (unpaired) electrons. The third kappa shape index (κ3) is 8.88. The summed E-state index contributed by atoms with van der Waals surface area (Å²) in [5.41, 5.74) is 14.6. The molecule has 1 aliphatic carbocycles. The quantitative estimate of drug-likeness (QED) is 0.114. The Morgan fingerprint density at radius 1 is 0.638 bits per heavy atom. The van der Waals surface area contributed by atoms with Gasteiger partial charge in [-0.15, -0.1) is 0 Å². The fourth-order valence-corrected chi connectivity index (χ4v) is 7.39. The van der Waals surface area contributed by atoms with Crippen molar-refractivity contribution < 1.29 is 0 Å². The minimum absolute atomic E-state index is 0.789. The van der Waals surface area contributed by atoms with E-state index in [1.54, 1.807) is 18.2 Å². The monoisotopic (exact) mass is 750 g/mol. The summed E-state index contributed by atoms with van der Waals surface area (Å²) in [6.45, 7) is 23.1. The number of benzene rings is 5. The van der Waals surface area contributed by atoms with Crippen molar-refractivity contribution in [2.75, 3.05) is 0 Å². The molecule has 0 atom stereocenters. The highest BCUT2D eigenvalue weighted by molar-refractivity contribution is 6.17. The highest BCUT2D eigenvalue weighted by Gasteiger charge is 2.25. The van der Waals surface area contributed by atoms with Crippen LogP contribution < -0.4 is 0 Å². The maximum atomic E-state index is 5.01. The molecule has 6 aromatic rings. The molecule has 0 aliphatic heterocycles. The third-order valence-electron chi connectivity index (χ3n) is 9.97. The van der Waals surface area contributed by atoms with Crippen molar-refractivity contribution in [2.24, 2.45) is 0 Å². The molecule has 5 aromatic carbocycles. The smallest absolute Gasteiger partial charge is 0.144 e. The highest BCUT2D eigenvalue weighted by atomic mass is 15.1. The zero-order valence-electron chi connectivity index (χ0n) is 33.6. The average Bonchev–Trinajstić information content (AvgIpc) is 3.50. The number of rotatable bonds is 12. The number of imidazole rings is 1. The fourth-order valence-electron chi connectivity index (χ4n) is 7.39. The van der Waals surface area contributed by atoms with Crippen LogP contribution in [0.2, 0.25) is 0 Å². The van der Waals surface area contributed by atoms with Gasteiger partial charge in [0.25, 0.3) is 0 Å². The zero-order valence-corrected chi connectivity index (χ0v) is 33.6. The van der Waals surface area contributed by atoms with Gasteiger partial charge < -0.3 is 4.57 Å². The number of aryl methyl sites for hydroxylation is 1. The van der Waals surface area contributed by atoms with Crippen LogP contribution in [0.4, 0.5) is 0 Å². The van der Waals surface area contributed by atoms with E-state index in [1.165, 1.54) is 38.6 Å². The molecule has 1 heterocycles. The SMILES string of the molecule is C=C/C=C\C=C(/C)n1cc(C)nc1C1=CC=CCC(c2ccc3c(-c4ccccc4)c(-c4ccccc4)c(/C(C=C)=C/C=C)c(-c4ccccc4)c3c2)=C1.C=CC=C. The summed E-state index contributed by atoms with van der Waals surface area (Å²) in [5, 5.41) is 2.36. The van der Waals surface area contributed by atoms with Gasteiger partial charge in [0.1, 0.15) is 5.82 Å². The van der Waals surface area contributed by atoms with Crippen molar-refractivity contribution in [3.05, 3.63) is 250 Å². The Hall–Kier alpha value is -7.29. The molecule has 58 heavy (non-hydrogen) atoms. The molecule has 0 N–H and O–H groups in total. The van der Waals surface area contributed by atoms with Gasteiger partial charge in [0.15, 0.2) is 0 Å². The van der Waals surface area contributed by atoms with E-state index in [9.17, 15) is 0 Å². The van der Waals surface area contributed by atoms with Crippen molar-refractivity contribution in [2.45, 2.75) is 20.3 Å². The Morgan fingerprint density at radius 2 is 1.26 bits per heavy atom. The van der Waals surface area contributed by atoms with Gasteiger partial charge in [-0.25, -0.2) is 4.98 Å². The lowest BCUT2D eigenvalue weighted by atomic mass is 9.78. The minimum Gasteiger partial charge on any atom is -0.304 e. The predicted molar refractivity (Wildman–Crippen MR) is 255 cm³/mol. The zero-order chi connectivity index (χ0) is 40.9. The van der Waals surface area contributed by atoms with E-state index in [4.69, 9.17) is 4.98 Å². The third-order valence-corrected chi connectivity index (χ3v) is 9.97. The molecule has 0 unspecified atom stereocenters. The lowest BCUT2D eigenvalue weighted by Gasteiger charge is -2.25. The average molecular weight is 751 g/mol. The van der Waals surface area contributed by atoms with Gasteiger partial charge in [-0.2, -0.15) is 0 Å². The van der Waals surface area contributed by atoms with Crippen LogP contribution in [0.15, 0.2) is 227 Å². The normalized spacial score (nSPS) is 12.9. The molecule has 2 heteroatoms. The summed E-state index contributed by atoms with van der Waals surface area (Å²) in [6, 6.07) is 39.3. The Labute approximate surface area is 345 Å². The summed E-state index contributed by atoms with van der Waals surface area (Å²) >= 11 is 0. The lowest BCUT2D eigenvalue weighted by Crippen LogP contribution is -2.01. The van der Waals surface area contributed by atoms with Crippen molar-refractivity contribution >= 4 is 33.2 Å². The second kappa shape index (κ2) is 19.5. The van der Waals surface area contributed by atoms with Crippen LogP contribution in [0, 0.1) is 6.92 Å². The molecule has 1 aliphatic rings. The van der Waals surface area contributed by atoms with E-state index in [0.717, 1.165) is 57.0 Å². The Kier molecular flexibility index (Phi) is 13.6. The molecule has 0 saturated carbocycles. The first-order chi connectivity index (χ1) is 28.4. The van der Waals surface area contributed by atoms with Crippen molar-refractivity contribution in [3.8, 4) is 33.4 Å². The van der Waals surface area contributed by atoms with Crippen molar-refractivity contribution in [1.29, 1.82) is 0 Å². The van der Waals surface area contributed by atoms with Gasteiger partial charge in [0.05, 0.1) is 5.69 Å². The molecular weight excluding hydrogens is 701 g/mol. The molecule has 2 nitrogen and oxygen atoms in total. The van der Waals surface area contributed by atoms with E-state index in [0.29, 0.717) is 0 Å². The van der Waals surface area contributed by atoms with Crippen LogP contribution in [-0.4, -0.2) is 9.55 Å². The number of fused-ring (bicyclic) bond motifs is 1. The van der Waals surface area contributed by atoms with Gasteiger partial charge in [-0.3, -0.25) is 0 Å². The Morgan fingerprint density at radius 3 is 1.84 bits per heavy atom. The molecular formula is C56H50N2. The summed E-state index contributed by atoms with van der Waals surface area (Å²) < 4.78 is 2.17. The van der Waals surface area contributed by atoms with Gasteiger partial charge in [-0.05, 0) is 105 Å². The van der Waals surface area contributed by atoms with E-state index < -0.39 is 0 Å². The number of hydrogen-bond donors (Lipinski definition) is 0. The first-order valence-corrected chi connectivity index (χ1v) is 19.5. The summed E-state index contributed by atoms with van der Waals surface area (Å²) in [5.74, 6) is 0.911. The van der Waals surface area contributed by atoms with Crippen molar-refractivity contribution in [1.82, 2.24) is 9.55 Å². The molecule has 0 saturated heterocycles. The van der Waals surface area contributed by atoms with E-state index in [-0.39, 0.29) is 0 Å². The van der Waals surface area contributed by atoms with Crippen LogP contribution in [0.3, 0.4) is 0 Å². The fraction of sp³-hybridized carbons (Fsp3) is 0.0536. The number of aromatic nitrogens is 2. The number of allylic oxidation sites excluding steroid dienone is 17. The summed E-state index contributed by atoms with van der Waals surface area (Å²) in [7, 11) is 0. The topological polar surface area (TPSA) is 17.8 Å². The highest BCUT2D eigenvalue weighted by Crippen LogP contribution is 2.50. The standard InChI is InChI=1S/C52H44N2.C4H6/c1-6-9-13-23-38(5)54-36-37(4)53-52(54)45-31-21-20-30-43(34-45)44-32-33-46-47(35-44)49(41-26-16-11-17-27-41)50(39(8-3)22-7-2)51(42-28-18-12-19-29-42)48(46)40-24-14-10-15-25-40;1-3-4-2/h6-29,31-36H,1-3,30H2,4-5H3;3-4H,1-2H2/b13-9-,38-23+,39-22+;. The molecule has 284 valence electrons. The summed E-state index contributed by atoms with van der Waals surface area (Å²) in [4.78, 5) is 5.01. The maximum Gasteiger partial charge on any atom is 0.144 e. The van der Waals surface area contributed by atoms with E-state index in [2.05, 4.69) is 196 Å². The van der Waals surface area contributed by atoms with Crippen LogP contribution in [0.5, 0.6) is 0 Å². The molecule has 1 aromatic heterocycles. The number of hydrogen-bond acceptors (Lipinski definition) is 1. The first kappa shape index (κ1) is 40.4. The van der Waals surface area contributed by atoms with Crippen molar-refractivity contribution in [3.63, 3.8) is 0 Å². The van der Waals surface area contributed by atoms with Gasteiger partial charge >= 0.3 is 0 Å². The van der Waals surface area contributed by atoms with Gasteiger partial charge in [0, 0.05) is 17.5 Å². The minimum atomic E-state index is 0.789. The van der Waals surface area contributed by atoms with E-state index in [1.807, 2.05) is 31.2 Å².